The Balaban J connectivity index is 1.79. The molecule has 0 aliphatic carbocycles. The number of fused-ring (bicyclic) bond motifs is 1. The SMILES string of the molecule is OC[C@H]1O[C@@H](Oc2cc3ccccc3[nH]2)[C@H](O)[C@@H](O)[C@H]1O. The Morgan fingerprint density at radius 1 is 1.10 bits per heavy atom. The molecule has 1 aromatic heterocycles. The summed E-state index contributed by atoms with van der Waals surface area (Å²) in [5.74, 6) is 0.362. The van der Waals surface area contributed by atoms with Crippen molar-refractivity contribution in [1.82, 2.24) is 4.98 Å². The van der Waals surface area contributed by atoms with Gasteiger partial charge in [0.15, 0.2) is 5.88 Å². The van der Waals surface area contributed by atoms with Crippen LogP contribution in [0.25, 0.3) is 10.9 Å². The van der Waals surface area contributed by atoms with Gasteiger partial charge >= 0.3 is 0 Å². The molecule has 2 heterocycles. The van der Waals surface area contributed by atoms with E-state index in [9.17, 15) is 15.3 Å². The molecule has 1 saturated heterocycles. The molecule has 1 aliphatic rings. The monoisotopic (exact) mass is 295 g/mol. The minimum atomic E-state index is -1.45. The fourth-order valence-electron chi connectivity index (χ4n) is 2.40. The van der Waals surface area contributed by atoms with Crippen molar-refractivity contribution in [3.05, 3.63) is 30.3 Å². The standard InChI is InChI=1S/C14H17NO6/c16-6-9-11(17)12(18)13(19)14(20-9)21-10-5-7-3-1-2-4-8(7)15-10/h1-5,9,11-19H,6H2/t9-,11+,12+,13-,14+/m1/s1. The van der Waals surface area contributed by atoms with Gasteiger partial charge in [0.1, 0.15) is 24.4 Å². The number of aromatic amines is 1. The minimum absolute atomic E-state index is 0.362. The predicted molar refractivity (Wildman–Crippen MR) is 72.7 cm³/mol. The van der Waals surface area contributed by atoms with Gasteiger partial charge in [-0.2, -0.15) is 0 Å². The zero-order valence-corrected chi connectivity index (χ0v) is 11.1. The molecule has 1 aliphatic heterocycles. The molecule has 5 N–H and O–H groups in total. The maximum Gasteiger partial charge on any atom is 0.230 e. The zero-order chi connectivity index (χ0) is 15.0. The molecular weight excluding hydrogens is 278 g/mol. The summed E-state index contributed by atoms with van der Waals surface area (Å²) in [6.07, 6.45) is -6.45. The fourth-order valence-corrected chi connectivity index (χ4v) is 2.40. The summed E-state index contributed by atoms with van der Waals surface area (Å²) >= 11 is 0. The Labute approximate surface area is 120 Å². The van der Waals surface area contributed by atoms with E-state index >= 15 is 0 Å². The molecule has 114 valence electrons. The lowest BCUT2D eigenvalue weighted by Gasteiger charge is -2.39. The molecule has 1 aromatic carbocycles. The first-order valence-electron chi connectivity index (χ1n) is 6.65. The molecule has 0 amide bonds. The maximum absolute atomic E-state index is 9.90. The fraction of sp³-hybridized carbons (Fsp3) is 0.429. The molecule has 2 aromatic rings. The lowest BCUT2D eigenvalue weighted by atomic mass is 9.99. The van der Waals surface area contributed by atoms with Gasteiger partial charge in [0.05, 0.1) is 6.61 Å². The molecule has 5 atom stereocenters. The Morgan fingerprint density at radius 2 is 1.86 bits per heavy atom. The molecule has 21 heavy (non-hydrogen) atoms. The molecule has 3 rings (SSSR count). The van der Waals surface area contributed by atoms with E-state index < -0.39 is 37.3 Å². The summed E-state index contributed by atoms with van der Waals surface area (Å²) in [7, 11) is 0. The third-order valence-corrected chi connectivity index (χ3v) is 3.60. The molecule has 7 heteroatoms. The topological polar surface area (TPSA) is 115 Å². The minimum Gasteiger partial charge on any atom is -0.447 e. The van der Waals surface area contributed by atoms with Crippen molar-refractivity contribution in [3.63, 3.8) is 0 Å². The summed E-state index contributed by atoms with van der Waals surface area (Å²) in [5.41, 5.74) is 0.858. The van der Waals surface area contributed by atoms with E-state index in [1.54, 1.807) is 6.07 Å². The highest BCUT2D eigenvalue weighted by Gasteiger charge is 2.44. The van der Waals surface area contributed by atoms with Crippen LogP contribution in [0.4, 0.5) is 0 Å². The highest BCUT2D eigenvalue weighted by molar-refractivity contribution is 5.81. The number of para-hydroxylation sites is 1. The summed E-state index contributed by atoms with van der Waals surface area (Å²) in [4.78, 5) is 3.00. The van der Waals surface area contributed by atoms with Gasteiger partial charge in [-0.3, -0.25) is 0 Å². The van der Waals surface area contributed by atoms with Gasteiger partial charge in [-0.25, -0.2) is 0 Å². The van der Waals surface area contributed by atoms with Gasteiger partial charge in [0, 0.05) is 17.0 Å². The van der Waals surface area contributed by atoms with E-state index in [1.165, 1.54) is 0 Å². The molecule has 1 fully saturated rings. The van der Waals surface area contributed by atoms with Crippen molar-refractivity contribution >= 4 is 10.9 Å². The van der Waals surface area contributed by atoms with Gasteiger partial charge in [-0.1, -0.05) is 18.2 Å². The van der Waals surface area contributed by atoms with Crippen LogP contribution in [0.1, 0.15) is 0 Å². The predicted octanol–water partition coefficient (Wildman–Crippen LogP) is -0.653. The van der Waals surface area contributed by atoms with Crippen LogP contribution in [-0.2, 0) is 4.74 Å². The van der Waals surface area contributed by atoms with Crippen molar-refractivity contribution in [3.8, 4) is 5.88 Å². The molecule has 0 spiro atoms. The second kappa shape index (κ2) is 5.63. The zero-order valence-electron chi connectivity index (χ0n) is 11.1. The van der Waals surface area contributed by atoms with Crippen LogP contribution in [0.5, 0.6) is 5.88 Å². The van der Waals surface area contributed by atoms with Gasteiger partial charge in [0.2, 0.25) is 6.29 Å². The van der Waals surface area contributed by atoms with Gasteiger partial charge in [0.25, 0.3) is 0 Å². The number of benzene rings is 1. The van der Waals surface area contributed by atoms with Gasteiger partial charge < -0.3 is 34.9 Å². The first-order chi connectivity index (χ1) is 10.1. The largest absolute Gasteiger partial charge is 0.447 e. The molecule has 7 nitrogen and oxygen atoms in total. The van der Waals surface area contributed by atoms with Crippen molar-refractivity contribution in [1.29, 1.82) is 0 Å². The number of hydrogen-bond acceptors (Lipinski definition) is 6. The molecule has 0 radical (unpaired) electrons. The number of H-pyrrole nitrogens is 1. The number of hydrogen-bond donors (Lipinski definition) is 5. The van der Waals surface area contributed by atoms with Crippen molar-refractivity contribution in [2.45, 2.75) is 30.7 Å². The van der Waals surface area contributed by atoms with E-state index in [2.05, 4.69) is 4.98 Å². The summed E-state index contributed by atoms with van der Waals surface area (Å²) in [6, 6.07) is 9.25. The molecular formula is C14H17NO6. The number of aliphatic hydroxyl groups is 4. The first kappa shape index (κ1) is 14.3. The van der Waals surface area contributed by atoms with Crippen LogP contribution in [0, 0.1) is 0 Å². The third-order valence-electron chi connectivity index (χ3n) is 3.60. The normalized spacial score (nSPS) is 33.2. The molecule has 0 saturated carbocycles. The van der Waals surface area contributed by atoms with Crippen LogP contribution in [0.15, 0.2) is 30.3 Å². The summed E-state index contributed by atoms with van der Waals surface area (Å²) in [5, 5.41) is 39.4. The summed E-state index contributed by atoms with van der Waals surface area (Å²) in [6.45, 7) is -0.489. The third kappa shape index (κ3) is 2.61. The molecule has 0 bridgehead atoms. The Kier molecular flexibility index (Phi) is 3.83. The van der Waals surface area contributed by atoms with Crippen molar-refractivity contribution < 1.29 is 29.9 Å². The van der Waals surface area contributed by atoms with Gasteiger partial charge in [-0.05, 0) is 6.07 Å². The second-order valence-electron chi connectivity index (χ2n) is 5.04. The van der Waals surface area contributed by atoms with Gasteiger partial charge in [-0.15, -0.1) is 0 Å². The van der Waals surface area contributed by atoms with Crippen LogP contribution >= 0.6 is 0 Å². The van der Waals surface area contributed by atoms with Crippen LogP contribution < -0.4 is 4.74 Å². The van der Waals surface area contributed by atoms with Crippen LogP contribution in [0.3, 0.4) is 0 Å². The highest BCUT2D eigenvalue weighted by atomic mass is 16.7. The maximum atomic E-state index is 9.90. The Morgan fingerprint density at radius 3 is 2.57 bits per heavy atom. The lowest BCUT2D eigenvalue weighted by molar-refractivity contribution is -0.278. The lowest BCUT2D eigenvalue weighted by Crippen LogP contribution is -2.60. The van der Waals surface area contributed by atoms with E-state index in [4.69, 9.17) is 14.6 Å². The van der Waals surface area contributed by atoms with Crippen LogP contribution in [0.2, 0.25) is 0 Å². The number of ether oxygens (including phenoxy) is 2. The number of rotatable bonds is 3. The Hall–Kier alpha value is -1.64. The van der Waals surface area contributed by atoms with E-state index in [1.807, 2.05) is 24.3 Å². The van der Waals surface area contributed by atoms with E-state index in [0.29, 0.717) is 5.88 Å². The summed E-state index contributed by atoms with van der Waals surface area (Å²) < 4.78 is 10.8. The molecule has 0 unspecified atom stereocenters. The number of aliphatic hydroxyl groups excluding tert-OH is 4. The second-order valence-corrected chi connectivity index (χ2v) is 5.04. The first-order valence-corrected chi connectivity index (χ1v) is 6.65. The van der Waals surface area contributed by atoms with E-state index in [0.717, 1.165) is 10.9 Å². The number of aromatic nitrogens is 1. The Bertz CT molecular complexity index is 579. The van der Waals surface area contributed by atoms with E-state index in [-0.39, 0.29) is 0 Å². The quantitative estimate of drug-likeness (QED) is 0.514. The number of nitrogens with one attached hydrogen (secondary N) is 1. The highest BCUT2D eigenvalue weighted by Crippen LogP contribution is 2.26. The average Bonchev–Trinajstić information content (AvgIpc) is 2.90. The average molecular weight is 295 g/mol. The van der Waals surface area contributed by atoms with Crippen LogP contribution in [-0.4, -0.2) is 62.7 Å². The van der Waals surface area contributed by atoms with Crippen molar-refractivity contribution in [2.75, 3.05) is 6.61 Å². The smallest absolute Gasteiger partial charge is 0.230 e. The van der Waals surface area contributed by atoms with Crippen molar-refractivity contribution in [2.24, 2.45) is 0 Å².